The summed E-state index contributed by atoms with van der Waals surface area (Å²) < 4.78 is 4.49. The maximum Gasteiger partial charge on any atom is 0.337 e. The average molecular weight is 631 g/mol. The molecular formula is C33H36BrN5O3. The number of carbonyl (C=O) groups is 2. The number of aromatic carboxylic acids is 1. The molecule has 2 aromatic carbocycles. The van der Waals surface area contributed by atoms with Gasteiger partial charge in [-0.05, 0) is 95.8 Å². The molecule has 0 unspecified atom stereocenters. The number of piperidine rings is 1. The highest BCUT2D eigenvalue weighted by molar-refractivity contribution is 9.10. The van der Waals surface area contributed by atoms with Crippen LogP contribution in [0.15, 0.2) is 65.4 Å². The molecule has 8 nitrogen and oxygen atoms in total. The largest absolute Gasteiger partial charge is 0.478 e. The highest BCUT2D eigenvalue weighted by Gasteiger charge is 2.41. The first-order chi connectivity index (χ1) is 20.4. The van der Waals surface area contributed by atoms with E-state index < -0.39 is 5.97 Å². The van der Waals surface area contributed by atoms with E-state index >= 15 is 0 Å². The third-order valence-electron chi connectivity index (χ3n) is 8.78. The lowest BCUT2D eigenvalue weighted by molar-refractivity contribution is 0.0599. The zero-order chi connectivity index (χ0) is 29.4. The van der Waals surface area contributed by atoms with Crippen LogP contribution in [-0.2, 0) is 13.5 Å². The summed E-state index contributed by atoms with van der Waals surface area (Å²) in [6.07, 6.45) is 10.8. The van der Waals surface area contributed by atoms with E-state index in [-0.39, 0.29) is 5.91 Å². The third-order valence-corrected chi connectivity index (χ3v) is 9.63. The van der Waals surface area contributed by atoms with Crippen molar-refractivity contribution in [2.24, 2.45) is 13.0 Å². The van der Waals surface area contributed by atoms with Crippen molar-refractivity contribution in [3.63, 3.8) is 0 Å². The minimum absolute atomic E-state index is 0.0823. The number of halogens is 1. The van der Waals surface area contributed by atoms with Crippen LogP contribution in [0.4, 0.5) is 0 Å². The smallest absolute Gasteiger partial charge is 0.337 e. The molecule has 4 aromatic rings. The molecule has 0 bridgehead atoms. The number of benzene rings is 2. The molecule has 2 aliphatic rings. The van der Waals surface area contributed by atoms with Gasteiger partial charge >= 0.3 is 5.97 Å². The van der Waals surface area contributed by atoms with Crippen molar-refractivity contribution < 1.29 is 14.7 Å². The second kappa shape index (κ2) is 11.9. The van der Waals surface area contributed by atoms with Crippen LogP contribution in [0.5, 0.6) is 0 Å². The summed E-state index contributed by atoms with van der Waals surface area (Å²) in [6.45, 7) is 2.98. The number of amides is 1. The Morgan fingerprint density at radius 1 is 1.10 bits per heavy atom. The Morgan fingerprint density at radius 3 is 2.69 bits per heavy atom. The lowest BCUT2D eigenvalue weighted by Gasteiger charge is -2.36. The van der Waals surface area contributed by atoms with Gasteiger partial charge in [0.25, 0.3) is 5.91 Å². The second-order valence-electron chi connectivity index (χ2n) is 11.6. The number of carboxylic acids is 1. The van der Waals surface area contributed by atoms with E-state index in [0.29, 0.717) is 35.4 Å². The lowest BCUT2D eigenvalue weighted by Crippen LogP contribution is -2.43. The summed E-state index contributed by atoms with van der Waals surface area (Å²) >= 11 is 3.79. The highest BCUT2D eigenvalue weighted by atomic mass is 79.9. The number of likely N-dealkylation sites (tertiary alicyclic amines) is 1. The SMILES string of the molecule is CCC[C@@H]1CCCCN1C(=O)c1cccc(-c2cccc(-n3ccc(C(=O)O)c3C[C@@H]3C[C@H]3c3cn(C)nn3)c2)c1Br. The van der Waals surface area contributed by atoms with Crippen molar-refractivity contribution in [2.45, 2.75) is 63.8 Å². The molecule has 1 amide bonds. The van der Waals surface area contributed by atoms with E-state index in [1.165, 1.54) is 6.42 Å². The van der Waals surface area contributed by atoms with Crippen molar-refractivity contribution in [3.8, 4) is 16.8 Å². The van der Waals surface area contributed by atoms with Crippen molar-refractivity contribution >= 4 is 27.8 Å². The van der Waals surface area contributed by atoms with Gasteiger partial charge < -0.3 is 14.6 Å². The van der Waals surface area contributed by atoms with Crippen molar-refractivity contribution in [3.05, 3.63) is 87.9 Å². The molecule has 9 heteroatoms. The Bertz CT molecular complexity index is 1620. The van der Waals surface area contributed by atoms with E-state index in [2.05, 4.69) is 44.1 Å². The van der Waals surface area contributed by atoms with Crippen molar-refractivity contribution in [2.75, 3.05) is 6.54 Å². The maximum absolute atomic E-state index is 13.8. The van der Waals surface area contributed by atoms with Gasteiger partial charge in [0.2, 0.25) is 0 Å². The number of carboxylic acid groups (broad SMARTS) is 1. The summed E-state index contributed by atoms with van der Waals surface area (Å²) in [5.41, 5.74) is 5.52. The number of carbonyl (C=O) groups excluding carboxylic acids is 1. The zero-order valence-corrected chi connectivity index (χ0v) is 25.6. The van der Waals surface area contributed by atoms with Gasteiger partial charge in [0.05, 0.1) is 16.8 Å². The van der Waals surface area contributed by atoms with E-state index in [1.807, 2.05) is 60.4 Å². The monoisotopic (exact) mass is 629 g/mol. The molecule has 42 heavy (non-hydrogen) atoms. The Balaban J connectivity index is 1.30. The summed E-state index contributed by atoms with van der Waals surface area (Å²) in [5.74, 6) is -0.230. The molecule has 218 valence electrons. The van der Waals surface area contributed by atoms with Crippen LogP contribution in [0.2, 0.25) is 0 Å². The molecule has 1 saturated heterocycles. The molecule has 1 N–H and O–H groups in total. The first-order valence-electron chi connectivity index (χ1n) is 14.9. The van der Waals surface area contributed by atoms with Crippen LogP contribution in [0, 0.1) is 5.92 Å². The molecule has 6 rings (SSSR count). The van der Waals surface area contributed by atoms with Crippen LogP contribution in [-0.4, -0.2) is 54.0 Å². The molecule has 1 aliphatic carbocycles. The Morgan fingerprint density at radius 2 is 1.93 bits per heavy atom. The lowest BCUT2D eigenvalue weighted by atomic mass is 9.96. The van der Waals surface area contributed by atoms with E-state index in [0.717, 1.165) is 71.3 Å². The van der Waals surface area contributed by atoms with Gasteiger partial charge in [0, 0.05) is 53.8 Å². The molecule has 2 aromatic heterocycles. The number of hydrogen-bond acceptors (Lipinski definition) is 4. The van der Waals surface area contributed by atoms with Crippen molar-refractivity contribution in [1.29, 1.82) is 0 Å². The fraction of sp³-hybridized carbons (Fsp3) is 0.394. The summed E-state index contributed by atoms with van der Waals surface area (Å²) in [4.78, 5) is 28.0. The van der Waals surface area contributed by atoms with E-state index in [9.17, 15) is 14.7 Å². The van der Waals surface area contributed by atoms with Gasteiger partial charge in [-0.1, -0.05) is 42.8 Å². The topological polar surface area (TPSA) is 93.2 Å². The summed E-state index contributed by atoms with van der Waals surface area (Å²) in [5, 5.41) is 18.3. The van der Waals surface area contributed by atoms with Crippen molar-refractivity contribution in [1.82, 2.24) is 24.5 Å². The Kier molecular flexibility index (Phi) is 8.03. The van der Waals surface area contributed by atoms with Crippen LogP contribution < -0.4 is 0 Å². The van der Waals surface area contributed by atoms with Crippen LogP contribution in [0.3, 0.4) is 0 Å². The van der Waals surface area contributed by atoms with Gasteiger partial charge in [0.1, 0.15) is 0 Å². The standard InChI is InChI=1S/C33H36BrN5O3/c1-3-8-23-10-4-5-15-39(23)32(40)27-13-7-12-25(31(27)34)21-9-6-11-24(17-21)38-16-14-26(33(41)42)30(38)19-22-18-28(22)29-20-37(2)36-35-29/h6-7,9,11-14,16-17,20,22-23,28H,3-5,8,10,15,18-19H2,1-2H3,(H,41,42)/t22-,23+,28+/m0/s1. The first-order valence-corrected chi connectivity index (χ1v) is 15.6. The quantitative estimate of drug-likeness (QED) is 0.218. The van der Waals surface area contributed by atoms with Gasteiger partial charge in [-0.25, -0.2) is 4.79 Å². The number of nitrogens with zero attached hydrogens (tertiary/aromatic N) is 5. The van der Waals surface area contributed by atoms with Crippen LogP contribution in [0.1, 0.15) is 83.5 Å². The molecule has 2 fully saturated rings. The Hall–Kier alpha value is -3.72. The minimum Gasteiger partial charge on any atom is -0.478 e. The number of aromatic nitrogens is 4. The Labute approximate surface area is 254 Å². The number of aryl methyl sites for hydroxylation is 1. The molecule has 1 saturated carbocycles. The van der Waals surface area contributed by atoms with Gasteiger partial charge in [0.15, 0.2) is 0 Å². The van der Waals surface area contributed by atoms with Gasteiger partial charge in [-0.2, -0.15) is 0 Å². The van der Waals surface area contributed by atoms with Crippen LogP contribution >= 0.6 is 15.9 Å². The van der Waals surface area contributed by atoms with Gasteiger partial charge in [-0.15, -0.1) is 5.10 Å². The molecule has 0 spiro atoms. The normalized spacial score (nSPS) is 20.1. The van der Waals surface area contributed by atoms with E-state index in [4.69, 9.17) is 0 Å². The second-order valence-corrected chi connectivity index (χ2v) is 12.4. The summed E-state index contributed by atoms with van der Waals surface area (Å²) in [7, 11) is 1.86. The predicted octanol–water partition coefficient (Wildman–Crippen LogP) is 6.87. The highest BCUT2D eigenvalue weighted by Crippen LogP contribution is 2.49. The summed E-state index contributed by atoms with van der Waals surface area (Å²) in [6, 6.07) is 15.9. The first kappa shape index (κ1) is 28.4. The fourth-order valence-corrected chi connectivity index (χ4v) is 7.19. The zero-order valence-electron chi connectivity index (χ0n) is 24.0. The molecule has 1 aliphatic heterocycles. The van der Waals surface area contributed by atoms with Gasteiger partial charge in [-0.3, -0.25) is 9.48 Å². The molecule has 3 heterocycles. The molecule has 0 radical (unpaired) electrons. The molecule has 3 atom stereocenters. The average Bonchev–Trinajstić information content (AvgIpc) is 3.40. The van der Waals surface area contributed by atoms with Crippen LogP contribution in [0.25, 0.3) is 16.8 Å². The third kappa shape index (κ3) is 5.54. The number of rotatable bonds is 9. The molecular weight excluding hydrogens is 594 g/mol. The predicted molar refractivity (Wildman–Crippen MR) is 165 cm³/mol. The fourth-order valence-electron chi connectivity index (χ4n) is 6.53. The minimum atomic E-state index is -0.926. The van der Waals surface area contributed by atoms with E-state index in [1.54, 1.807) is 10.7 Å². The maximum atomic E-state index is 13.8. The number of hydrogen-bond donors (Lipinski definition) is 1.